The standard InChI is InChI=1S/C16H16N2O3/c1-11-7-8-13(14(19)9-11)10-17-18-16(21)15(20)12-5-3-2-4-6-12/h2-10,15,19-20H,1H3,(H,18,21)/b17-10-/t15-/m1/s1. The lowest BCUT2D eigenvalue weighted by atomic mass is 10.1. The van der Waals surface area contributed by atoms with Gasteiger partial charge in [0.25, 0.3) is 5.91 Å². The van der Waals surface area contributed by atoms with Crippen molar-refractivity contribution < 1.29 is 15.0 Å². The average molecular weight is 284 g/mol. The molecule has 2 aromatic rings. The Bertz CT molecular complexity index is 654. The molecule has 0 bridgehead atoms. The molecule has 0 fully saturated rings. The van der Waals surface area contributed by atoms with Gasteiger partial charge in [-0.3, -0.25) is 4.79 Å². The molecule has 1 amide bonds. The Labute approximate surface area is 122 Å². The lowest BCUT2D eigenvalue weighted by molar-refractivity contribution is -0.129. The van der Waals surface area contributed by atoms with E-state index in [0.29, 0.717) is 11.1 Å². The summed E-state index contributed by atoms with van der Waals surface area (Å²) < 4.78 is 0. The zero-order chi connectivity index (χ0) is 15.2. The smallest absolute Gasteiger partial charge is 0.273 e. The molecule has 0 spiro atoms. The fraction of sp³-hybridized carbons (Fsp3) is 0.125. The molecule has 0 aliphatic carbocycles. The second-order valence-corrected chi connectivity index (χ2v) is 4.61. The number of hydrogen-bond acceptors (Lipinski definition) is 4. The summed E-state index contributed by atoms with van der Waals surface area (Å²) in [6.07, 6.45) is 0.0414. The molecule has 0 aliphatic heterocycles. The minimum Gasteiger partial charge on any atom is -0.507 e. The summed E-state index contributed by atoms with van der Waals surface area (Å²) in [4.78, 5) is 11.7. The van der Waals surface area contributed by atoms with Gasteiger partial charge in [-0.05, 0) is 30.2 Å². The van der Waals surface area contributed by atoms with E-state index in [4.69, 9.17) is 0 Å². The molecule has 0 heterocycles. The highest BCUT2D eigenvalue weighted by Crippen LogP contribution is 2.16. The van der Waals surface area contributed by atoms with Gasteiger partial charge in [-0.25, -0.2) is 5.43 Å². The number of carbonyl (C=O) groups excluding carboxylic acids is 1. The highest BCUT2D eigenvalue weighted by atomic mass is 16.3. The van der Waals surface area contributed by atoms with Crippen molar-refractivity contribution in [3.05, 3.63) is 65.2 Å². The minimum absolute atomic E-state index is 0.0802. The van der Waals surface area contributed by atoms with Crippen molar-refractivity contribution in [1.82, 2.24) is 5.43 Å². The van der Waals surface area contributed by atoms with Crippen LogP contribution >= 0.6 is 0 Å². The number of aryl methyl sites for hydroxylation is 1. The van der Waals surface area contributed by atoms with Crippen LogP contribution in [0, 0.1) is 6.92 Å². The third kappa shape index (κ3) is 3.90. The number of aliphatic hydroxyl groups excluding tert-OH is 1. The number of nitrogens with one attached hydrogen (secondary N) is 1. The Hall–Kier alpha value is -2.66. The van der Waals surface area contributed by atoms with E-state index in [1.807, 2.05) is 13.0 Å². The first-order chi connectivity index (χ1) is 10.1. The molecular weight excluding hydrogens is 268 g/mol. The highest BCUT2D eigenvalue weighted by Gasteiger charge is 2.15. The molecule has 2 aromatic carbocycles. The van der Waals surface area contributed by atoms with Crippen LogP contribution in [0.4, 0.5) is 0 Å². The second kappa shape index (κ2) is 6.67. The van der Waals surface area contributed by atoms with Crippen molar-refractivity contribution in [2.75, 3.05) is 0 Å². The Morgan fingerprint density at radius 2 is 1.95 bits per heavy atom. The summed E-state index contributed by atoms with van der Waals surface area (Å²) in [5, 5.41) is 23.3. The number of phenols is 1. The molecule has 108 valence electrons. The normalized spacial score (nSPS) is 12.3. The number of rotatable bonds is 4. The number of phenolic OH excluding ortho intramolecular Hbond substituents is 1. The quantitative estimate of drug-likeness (QED) is 0.592. The first-order valence-corrected chi connectivity index (χ1v) is 6.43. The second-order valence-electron chi connectivity index (χ2n) is 4.61. The summed E-state index contributed by atoms with van der Waals surface area (Å²) in [5.74, 6) is -0.555. The summed E-state index contributed by atoms with van der Waals surface area (Å²) in [6, 6.07) is 13.7. The van der Waals surface area contributed by atoms with E-state index in [-0.39, 0.29) is 5.75 Å². The van der Waals surface area contributed by atoms with Gasteiger partial charge in [0.05, 0.1) is 6.21 Å². The molecular formula is C16H16N2O3. The van der Waals surface area contributed by atoms with Gasteiger partial charge in [0.15, 0.2) is 6.10 Å². The number of aromatic hydroxyl groups is 1. The Balaban J connectivity index is 1.99. The molecule has 21 heavy (non-hydrogen) atoms. The molecule has 0 saturated heterocycles. The Morgan fingerprint density at radius 3 is 2.62 bits per heavy atom. The van der Waals surface area contributed by atoms with E-state index < -0.39 is 12.0 Å². The Kier molecular flexibility index (Phi) is 4.68. The lowest BCUT2D eigenvalue weighted by Crippen LogP contribution is -2.25. The number of carbonyl (C=O) groups is 1. The topological polar surface area (TPSA) is 81.9 Å². The van der Waals surface area contributed by atoms with Crippen LogP contribution < -0.4 is 5.43 Å². The molecule has 0 aromatic heterocycles. The highest BCUT2D eigenvalue weighted by molar-refractivity contribution is 5.86. The molecule has 2 rings (SSSR count). The summed E-state index contributed by atoms with van der Waals surface area (Å²) in [5.41, 5.74) is 4.14. The van der Waals surface area contributed by atoms with E-state index in [0.717, 1.165) is 5.56 Å². The van der Waals surface area contributed by atoms with Gasteiger partial charge < -0.3 is 10.2 Å². The van der Waals surface area contributed by atoms with Crippen LogP contribution in [-0.4, -0.2) is 22.3 Å². The van der Waals surface area contributed by atoms with Gasteiger partial charge in [0, 0.05) is 5.56 Å². The van der Waals surface area contributed by atoms with E-state index in [9.17, 15) is 15.0 Å². The van der Waals surface area contributed by atoms with E-state index in [1.54, 1.807) is 42.5 Å². The molecule has 5 heteroatoms. The number of aliphatic hydroxyl groups is 1. The van der Waals surface area contributed by atoms with Crippen LogP contribution in [0.3, 0.4) is 0 Å². The number of hydrogen-bond donors (Lipinski definition) is 3. The molecule has 0 radical (unpaired) electrons. The van der Waals surface area contributed by atoms with Gasteiger partial charge in [-0.15, -0.1) is 0 Å². The van der Waals surface area contributed by atoms with Crippen LogP contribution in [0.2, 0.25) is 0 Å². The van der Waals surface area contributed by atoms with Gasteiger partial charge in [0.1, 0.15) is 5.75 Å². The fourth-order valence-corrected chi connectivity index (χ4v) is 1.78. The number of benzene rings is 2. The van der Waals surface area contributed by atoms with Gasteiger partial charge in [0.2, 0.25) is 0 Å². The third-order valence-electron chi connectivity index (χ3n) is 2.93. The Morgan fingerprint density at radius 1 is 1.24 bits per heavy atom. The van der Waals surface area contributed by atoms with Crippen LogP contribution in [0.15, 0.2) is 53.6 Å². The van der Waals surface area contributed by atoms with Crippen molar-refractivity contribution in [2.24, 2.45) is 5.10 Å². The maximum Gasteiger partial charge on any atom is 0.273 e. The summed E-state index contributed by atoms with van der Waals surface area (Å²) in [7, 11) is 0. The first kappa shape index (κ1) is 14.7. The minimum atomic E-state index is -1.28. The van der Waals surface area contributed by atoms with Crippen molar-refractivity contribution in [3.8, 4) is 5.75 Å². The van der Waals surface area contributed by atoms with Gasteiger partial charge in [-0.2, -0.15) is 5.10 Å². The van der Waals surface area contributed by atoms with E-state index in [2.05, 4.69) is 10.5 Å². The van der Waals surface area contributed by atoms with Crippen LogP contribution in [0.1, 0.15) is 22.8 Å². The monoisotopic (exact) mass is 284 g/mol. The maximum atomic E-state index is 11.7. The van der Waals surface area contributed by atoms with Crippen molar-refractivity contribution in [2.45, 2.75) is 13.0 Å². The number of hydrazone groups is 1. The van der Waals surface area contributed by atoms with Crippen molar-refractivity contribution in [3.63, 3.8) is 0 Å². The zero-order valence-electron chi connectivity index (χ0n) is 11.5. The van der Waals surface area contributed by atoms with Crippen LogP contribution in [0.5, 0.6) is 5.75 Å². The number of nitrogens with zero attached hydrogens (tertiary/aromatic N) is 1. The summed E-state index contributed by atoms with van der Waals surface area (Å²) >= 11 is 0. The van der Waals surface area contributed by atoms with Crippen LogP contribution in [-0.2, 0) is 4.79 Å². The van der Waals surface area contributed by atoms with Gasteiger partial charge >= 0.3 is 0 Å². The molecule has 0 saturated carbocycles. The molecule has 0 unspecified atom stereocenters. The number of amides is 1. The SMILES string of the molecule is Cc1ccc(/C=N\NC(=O)[C@H](O)c2ccccc2)c(O)c1. The predicted molar refractivity (Wildman–Crippen MR) is 80.0 cm³/mol. The molecule has 0 aliphatic rings. The lowest BCUT2D eigenvalue weighted by Gasteiger charge is -2.08. The predicted octanol–water partition coefficient (Wildman–Crippen LogP) is 1.88. The van der Waals surface area contributed by atoms with E-state index >= 15 is 0 Å². The molecule has 5 nitrogen and oxygen atoms in total. The maximum absolute atomic E-state index is 11.7. The third-order valence-corrected chi connectivity index (χ3v) is 2.93. The summed E-state index contributed by atoms with van der Waals surface area (Å²) in [6.45, 7) is 1.86. The fourth-order valence-electron chi connectivity index (χ4n) is 1.78. The van der Waals surface area contributed by atoms with Crippen LogP contribution in [0.25, 0.3) is 0 Å². The molecule has 1 atom stereocenters. The molecule has 3 N–H and O–H groups in total. The van der Waals surface area contributed by atoms with Crippen molar-refractivity contribution >= 4 is 12.1 Å². The van der Waals surface area contributed by atoms with Crippen molar-refractivity contribution in [1.29, 1.82) is 0 Å². The van der Waals surface area contributed by atoms with E-state index in [1.165, 1.54) is 6.21 Å². The average Bonchev–Trinajstić information content (AvgIpc) is 2.49. The van der Waals surface area contributed by atoms with Gasteiger partial charge in [-0.1, -0.05) is 36.4 Å². The zero-order valence-corrected chi connectivity index (χ0v) is 11.5. The largest absolute Gasteiger partial charge is 0.507 e. The first-order valence-electron chi connectivity index (χ1n) is 6.43.